The van der Waals surface area contributed by atoms with E-state index in [9.17, 15) is 0 Å². The van der Waals surface area contributed by atoms with Crippen LogP contribution >= 0.6 is 0 Å². The average Bonchev–Trinajstić information content (AvgIpc) is 2.53. The quantitative estimate of drug-likeness (QED) is 0.602. The highest BCUT2D eigenvalue weighted by Crippen LogP contribution is 2.09. The molecular formula is C9H21N3O. The molecule has 4 heteroatoms. The van der Waals surface area contributed by atoms with Crippen molar-refractivity contribution in [3.8, 4) is 0 Å². The van der Waals surface area contributed by atoms with Gasteiger partial charge < -0.3 is 10.1 Å². The number of methoxy groups -OCH3 is 1. The molecule has 1 N–H and O–H groups in total. The zero-order valence-electron chi connectivity index (χ0n) is 8.92. The predicted molar refractivity (Wildman–Crippen MR) is 53.5 cm³/mol. The Morgan fingerprint density at radius 1 is 1.54 bits per heavy atom. The van der Waals surface area contributed by atoms with Gasteiger partial charge in [0, 0.05) is 46.9 Å². The molecule has 0 saturated carbocycles. The van der Waals surface area contributed by atoms with E-state index in [1.165, 1.54) is 6.42 Å². The lowest BCUT2D eigenvalue weighted by molar-refractivity contribution is 0.0508. The highest BCUT2D eigenvalue weighted by atomic mass is 16.5. The summed E-state index contributed by atoms with van der Waals surface area (Å²) in [5.41, 5.74) is 0. The van der Waals surface area contributed by atoms with E-state index in [2.05, 4.69) is 29.4 Å². The molecule has 0 aromatic heterocycles. The van der Waals surface area contributed by atoms with Crippen LogP contribution in [0.1, 0.15) is 6.42 Å². The lowest BCUT2D eigenvalue weighted by Crippen LogP contribution is -2.39. The van der Waals surface area contributed by atoms with Gasteiger partial charge in [-0.15, -0.1) is 0 Å². The Morgan fingerprint density at radius 2 is 2.31 bits per heavy atom. The monoisotopic (exact) mass is 187 g/mol. The van der Waals surface area contributed by atoms with Crippen molar-refractivity contribution in [3.05, 3.63) is 0 Å². The van der Waals surface area contributed by atoms with Gasteiger partial charge in [-0.05, 0) is 6.42 Å². The maximum absolute atomic E-state index is 4.99. The summed E-state index contributed by atoms with van der Waals surface area (Å²) in [6.45, 7) is 4.05. The number of hydrogen-bond donors (Lipinski definition) is 1. The summed E-state index contributed by atoms with van der Waals surface area (Å²) in [5.74, 6) is 0. The van der Waals surface area contributed by atoms with Gasteiger partial charge in [0.1, 0.15) is 0 Å². The first-order valence-electron chi connectivity index (χ1n) is 4.88. The van der Waals surface area contributed by atoms with Crippen LogP contribution in [0.3, 0.4) is 0 Å². The van der Waals surface area contributed by atoms with Gasteiger partial charge in [0.2, 0.25) is 0 Å². The van der Waals surface area contributed by atoms with Gasteiger partial charge >= 0.3 is 0 Å². The van der Waals surface area contributed by atoms with Gasteiger partial charge in [0.15, 0.2) is 0 Å². The van der Waals surface area contributed by atoms with Crippen LogP contribution in [0.15, 0.2) is 0 Å². The van der Waals surface area contributed by atoms with Crippen molar-refractivity contribution in [2.75, 3.05) is 47.4 Å². The molecule has 0 bridgehead atoms. The Labute approximate surface area is 80.8 Å². The molecule has 1 saturated heterocycles. The number of hydrogen-bond acceptors (Lipinski definition) is 4. The van der Waals surface area contributed by atoms with E-state index in [0.717, 1.165) is 26.2 Å². The summed E-state index contributed by atoms with van der Waals surface area (Å²) in [4.78, 5) is 0. The molecule has 78 valence electrons. The number of nitrogens with one attached hydrogen (secondary N) is 1. The Bertz CT molecular complexity index is 141. The Morgan fingerprint density at radius 3 is 2.85 bits per heavy atom. The minimum atomic E-state index is 0.637. The van der Waals surface area contributed by atoms with E-state index < -0.39 is 0 Å². The molecule has 13 heavy (non-hydrogen) atoms. The predicted octanol–water partition coefficient (Wildman–Crippen LogP) is -0.227. The van der Waals surface area contributed by atoms with Gasteiger partial charge in [-0.1, -0.05) is 0 Å². The molecule has 1 aliphatic rings. The zero-order valence-corrected chi connectivity index (χ0v) is 8.92. The van der Waals surface area contributed by atoms with Crippen LogP contribution in [-0.2, 0) is 4.74 Å². The van der Waals surface area contributed by atoms with Crippen molar-refractivity contribution >= 4 is 0 Å². The van der Waals surface area contributed by atoms with Crippen molar-refractivity contribution in [1.82, 2.24) is 15.3 Å². The van der Waals surface area contributed by atoms with Crippen molar-refractivity contribution in [2.24, 2.45) is 0 Å². The number of rotatable bonds is 5. The fraction of sp³-hybridized carbons (Fsp3) is 1.00. The first kappa shape index (κ1) is 10.9. The fourth-order valence-electron chi connectivity index (χ4n) is 1.64. The average molecular weight is 187 g/mol. The van der Waals surface area contributed by atoms with Crippen molar-refractivity contribution in [3.63, 3.8) is 0 Å². The number of hydrazine groups is 1. The Balaban J connectivity index is 2.10. The largest absolute Gasteiger partial charge is 0.383 e. The molecule has 0 spiro atoms. The Kier molecular flexibility index (Phi) is 4.66. The van der Waals surface area contributed by atoms with Gasteiger partial charge in [0.05, 0.1) is 6.61 Å². The zero-order chi connectivity index (χ0) is 9.68. The van der Waals surface area contributed by atoms with Gasteiger partial charge in [-0.3, -0.25) is 0 Å². The van der Waals surface area contributed by atoms with E-state index in [-0.39, 0.29) is 0 Å². The molecule has 4 nitrogen and oxygen atoms in total. The molecule has 1 atom stereocenters. The normalized spacial score (nSPS) is 24.5. The van der Waals surface area contributed by atoms with Crippen LogP contribution in [0.2, 0.25) is 0 Å². The van der Waals surface area contributed by atoms with Crippen LogP contribution in [0.25, 0.3) is 0 Å². The van der Waals surface area contributed by atoms with Crippen LogP contribution in [0.4, 0.5) is 0 Å². The second kappa shape index (κ2) is 5.54. The molecule has 1 rings (SSSR count). The van der Waals surface area contributed by atoms with Crippen molar-refractivity contribution < 1.29 is 4.74 Å². The van der Waals surface area contributed by atoms with Gasteiger partial charge in [-0.25, -0.2) is 10.0 Å². The maximum Gasteiger partial charge on any atom is 0.0587 e. The topological polar surface area (TPSA) is 27.7 Å². The maximum atomic E-state index is 4.99. The van der Waals surface area contributed by atoms with E-state index in [1.807, 2.05) is 0 Å². The molecule has 0 amide bonds. The summed E-state index contributed by atoms with van der Waals surface area (Å²) in [6, 6.07) is 0.637. The van der Waals surface area contributed by atoms with Gasteiger partial charge in [-0.2, -0.15) is 0 Å². The summed E-state index contributed by atoms with van der Waals surface area (Å²) in [6.07, 6.45) is 1.24. The molecule has 0 radical (unpaired) electrons. The highest BCUT2D eigenvalue weighted by molar-refractivity contribution is 4.78. The van der Waals surface area contributed by atoms with Crippen LogP contribution in [-0.4, -0.2) is 63.5 Å². The fourth-order valence-corrected chi connectivity index (χ4v) is 1.64. The van der Waals surface area contributed by atoms with Crippen molar-refractivity contribution in [2.45, 2.75) is 12.5 Å². The summed E-state index contributed by atoms with van der Waals surface area (Å²) in [5, 5.41) is 7.99. The van der Waals surface area contributed by atoms with E-state index >= 15 is 0 Å². The van der Waals surface area contributed by atoms with Crippen molar-refractivity contribution in [1.29, 1.82) is 0 Å². The number of ether oxygens (including phenoxy) is 1. The second-order valence-electron chi connectivity index (χ2n) is 3.69. The van der Waals surface area contributed by atoms with E-state index in [4.69, 9.17) is 4.74 Å². The third kappa shape index (κ3) is 3.60. The van der Waals surface area contributed by atoms with Crippen LogP contribution in [0, 0.1) is 0 Å². The summed E-state index contributed by atoms with van der Waals surface area (Å²) in [7, 11) is 5.93. The van der Waals surface area contributed by atoms with Crippen LogP contribution < -0.4 is 5.32 Å². The molecule has 0 aliphatic carbocycles. The van der Waals surface area contributed by atoms with E-state index in [0.29, 0.717) is 6.04 Å². The third-order valence-electron chi connectivity index (χ3n) is 2.47. The lowest BCUT2D eigenvalue weighted by Gasteiger charge is -2.23. The lowest BCUT2D eigenvalue weighted by atomic mass is 10.3. The summed E-state index contributed by atoms with van der Waals surface area (Å²) < 4.78 is 4.99. The third-order valence-corrected chi connectivity index (χ3v) is 2.47. The molecule has 1 unspecified atom stereocenters. The molecular weight excluding hydrogens is 166 g/mol. The first-order chi connectivity index (χ1) is 6.24. The molecule has 1 aliphatic heterocycles. The van der Waals surface area contributed by atoms with Crippen LogP contribution in [0.5, 0.6) is 0 Å². The summed E-state index contributed by atoms with van der Waals surface area (Å²) >= 11 is 0. The minimum absolute atomic E-state index is 0.637. The number of nitrogens with zero attached hydrogens (tertiary/aromatic N) is 2. The van der Waals surface area contributed by atoms with Gasteiger partial charge in [0.25, 0.3) is 0 Å². The molecule has 0 aromatic rings. The SMILES string of the molecule is COCCNC1CCN(N(C)C)C1. The minimum Gasteiger partial charge on any atom is -0.383 e. The smallest absolute Gasteiger partial charge is 0.0587 e. The molecule has 1 fully saturated rings. The second-order valence-corrected chi connectivity index (χ2v) is 3.69. The highest BCUT2D eigenvalue weighted by Gasteiger charge is 2.22. The molecule has 0 aromatic carbocycles. The molecule has 1 heterocycles. The Hall–Kier alpha value is -0.160. The first-order valence-corrected chi connectivity index (χ1v) is 4.88. The van der Waals surface area contributed by atoms with E-state index in [1.54, 1.807) is 7.11 Å². The standard InChI is InChI=1S/C9H21N3O/c1-11(2)12-6-4-9(8-12)10-5-7-13-3/h9-10H,4-8H2,1-3H3.